The van der Waals surface area contributed by atoms with Gasteiger partial charge in [-0.25, -0.2) is 4.79 Å². The molecule has 2 aromatic rings. The number of rotatable bonds is 5. The van der Waals surface area contributed by atoms with Crippen molar-refractivity contribution in [3.8, 4) is 5.75 Å². The quantitative estimate of drug-likeness (QED) is 0.523. The summed E-state index contributed by atoms with van der Waals surface area (Å²) in [6, 6.07) is 5.85. The molecule has 3 N–H and O–H groups in total. The van der Waals surface area contributed by atoms with Gasteiger partial charge in [-0.1, -0.05) is 37.3 Å². The highest BCUT2D eigenvalue weighted by Gasteiger charge is 2.70. The van der Waals surface area contributed by atoms with Crippen LogP contribution < -0.4 is 4.87 Å². The molecule has 0 unspecified atom stereocenters. The number of phenols is 1. The first-order valence-electron chi connectivity index (χ1n) is 12.0. The Kier molecular flexibility index (Phi) is 5.20. The molecule has 1 saturated heterocycles. The van der Waals surface area contributed by atoms with Crippen molar-refractivity contribution in [2.75, 3.05) is 0 Å². The molecule has 4 aliphatic rings. The topological polar surface area (TPSA) is 128 Å². The number of aromatic amines is 1. The molecule has 0 radical (unpaired) electrons. The number of likely N-dealkylation sites (tertiary alicyclic amines) is 1. The number of aromatic hydroxyl groups is 1. The minimum absolute atomic E-state index is 0.0266. The molecule has 3 fully saturated rings. The Morgan fingerprint density at radius 1 is 1.11 bits per heavy atom. The summed E-state index contributed by atoms with van der Waals surface area (Å²) in [5.41, 5.74) is 0.968. The Hall–Kier alpha value is -2.59. The molecule has 2 bridgehead atoms. The highest BCUT2D eigenvalue weighted by Crippen LogP contribution is 2.68. The van der Waals surface area contributed by atoms with Gasteiger partial charge in [-0.05, 0) is 54.2 Å². The zero-order valence-corrected chi connectivity index (χ0v) is 20.8. The van der Waals surface area contributed by atoms with Crippen LogP contribution in [-0.4, -0.2) is 49.2 Å². The van der Waals surface area contributed by atoms with Gasteiger partial charge in [-0.3, -0.25) is 19.3 Å². The van der Waals surface area contributed by atoms with Crippen molar-refractivity contribution < 1.29 is 24.6 Å². The molecule has 2 aliphatic carbocycles. The fraction of sp³-hybridized carbons (Fsp3) is 0.520. The fourth-order valence-electron chi connectivity index (χ4n) is 7.17. The predicted molar refractivity (Wildman–Crippen MR) is 129 cm³/mol. The van der Waals surface area contributed by atoms with Gasteiger partial charge in [-0.15, -0.1) is 11.8 Å². The zero-order chi connectivity index (χ0) is 24.8. The third kappa shape index (κ3) is 3.25. The third-order valence-corrected chi connectivity index (χ3v) is 10.9. The van der Waals surface area contributed by atoms with Crippen molar-refractivity contribution in [1.29, 1.82) is 0 Å². The maximum atomic E-state index is 13.7. The summed E-state index contributed by atoms with van der Waals surface area (Å²) < 4.78 is 0. The number of carboxylic acids is 1. The molecule has 3 heterocycles. The van der Waals surface area contributed by atoms with Crippen molar-refractivity contribution in [3.05, 3.63) is 44.4 Å². The third-order valence-electron chi connectivity index (χ3n) is 8.30. The highest BCUT2D eigenvalue weighted by atomic mass is 32.2. The molecule has 8 atom stereocenters. The Labute approximate surface area is 209 Å². The average Bonchev–Trinajstić information content (AvgIpc) is 3.52. The van der Waals surface area contributed by atoms with Gasteiger partial charge >= 0.3 is 10.8 Å². The number of thiazole rings is 1. The Morgan fingerprint density at radius 2 is 1.77 bits per heavy atom. The van der Waals surface area contributed by atoms with Crippen molar-refractivity contribution in [1.82, 2.24) is 9.88 Å². The maximum Gasteiger partial charge on any atom is 0.326 e. The predicted octanol–water partition coefficient (Wildman–Crippen LogP) is 3.11. The monoisotopic (exact) mass is 514 g/mol. The average molecular weight is 515 g/mol. The van der Waals surface area contributed by atoms with E-state index in [2.05, 4.69) is 4.98 Å². The van der Waals surface area contributed by atoms with Crippen LogP contribution in [0.15, 0.2) is 34.1 Å². The second-order valence-corrected chi connectivity index (χ2v) is 12.8. The van der Waals surface area contributed by atoms with E-state index >= 15 is 0 Å². The number of phenolic OH excluding ortho intramolecular Hbond substituents is 1. The lowest BCUT2D eigenvalue weighted by Crippen LogP contribution is -2.47. The van der Waals surface area contributed by atoms with Gasteiger partial charge in [0.2, 0.25) is 11.8 Å². The zero-order valence-electron chi connectivity index (χ0n) is 19.2. The van der Waals surface area contributed by atoms with Crippen molar-refractivity contribution in [3.63, 3.8) is 0 Å². The van der Waals surface area contributed by atoms with Gasteiger partial charge in [0.05, 0.1) is 16.9 Å². The summed E-state index contributed by atoms with van der Waals surface area (Å²) in [5, 5.41) is 20.6. The number of aliphatic carboxylic acids is 1. The van der Waals surface area contributed by atoms with Crippen LogP contribution in [0.5, 0.6) is 5.75 Å². The van der Waals surface area contributed by atoms with Crippen LogP contribution in [0, 0.1) is 35.5 Å². The number of H-pyrrole nitrogens is 1. The van der Waals surface area contributed by atoms with E-state index in [-0.39, 0.29) is 63.7 Å². The first-order valence-corrected chi connectivity index (χ1v) is 13.6. The normalized spacial score (nSPS) is 33.7. The summed E-state index contributed by atoms with van der Waals surface area (Å²) in [6.45, 7) is 3.77. The van der Waals surface area contributed by atoms with Gasteiger partial charge in [0.15, 0.2) is 0 Å². The molecular weight excluding hydrogens is 488 g/mol. The van der Waals surface area contributed by atoms with E-state index in [1.807, 2.05) is 26.0 Å². The first-order chi connectivity index (χ1) is 16.7. The molecule has 1 aromatic carbocycles. The van der Waals surface area contributed by atoms with Crippen LogP contribution in [0.25, 0.3) is 0 Å². The standard InChI is InChI=1S/C25H26N2O6S2/c1-9(2)7-14(24(31)32)27-22(29)17-12-8-13(18(17)23(27)30)19-16(12)15(10-3-5-11(28)6-4-10)20-21(34-19)26-25(33)35-20/h3-6,9,12-19,28H,7-8H2,1-2H3,(H,26,33)(H,31,32)/t12-,13+,14+,15+,16+,17+,18+,19-/m1/s1. The van der Waals surface area contributed by atoms with Gasteiger partial charge in [0, 0.05) is 16.0 Å². The van der Waals surface area contributed by atoms with E-state index in [1.165, 1.54) is 11.3 Å². The number of aromatic nitrogens is 1. The minimum atomic E-state index is -1.14. The number of benzene rings is 1. The number of fused-ring (bicyclic) bond motifs is 9. The summed E-state index contributed by atoms with van der Waals surface area (Å²) in [6.07, 6.45) is 0.983. The molecule has 0 spiro atoms. The van der Waals surface area contributed by atoms with E-state index in [4.69, 9.17) is 0 Å². The molecule has 10 heteroatoms. The molecule has 184 valence electrons. The molecular formula is C25H26N2O6S2. The lowest BCUT2D eigenvalue weighted by molar-refractivity contribution is -0.156. The number of imide groups is 1. The molecule has 2 saturated carbocycles. The second kappa shape index (κ2) is 7.96. The number of amides is 2. The summed E-state index contributed by atoms with van der Waals surface area (Å²) in [5.74, 6) is -2.86. The van der Waals surface area contributed by atoms with Crippen LogP contribution >= 0.6 is 23.1 Å². The number of thioether (sulfide) groups is 1. The lowest BCUT2D eigenvalue weighted by Gasteiger charge is -2.43. The number of carbonyl (C=O) groups is 3. The molecule has 2 amide bonds. The molecule has 8 nitrogen and oxygen atoms in total. The number of hydrogen-bond donors (Lipinski definition) is 3. The Balaban J connectivity index is 1.42. The van der Waals surface area contributed by atoms with Gasteiger partial charge in [0.1, 0.15) is 11.8 Å². The smallest absolute Gasteiger partial charge is 0.326 e. The lowest BCUT2D eigenvalue weighted by atomic mass is 9.68. The maximum absolute atomic E-state index is 13.7. The highest BCUT2D eigenvalue weighted by molar-refractivity contribution is 8.00. The SMILES string of the molecule is CC(C)C[C@@H](C(=O)O)N1C(=O)[C@H]2[C@@H]3C[C@@H]([C@@H]2C1=O)[C@H]1[C@H](c2ccc(O)cc2)c2sc(=O)[nH]c2S[C@H]31. The molecule has 6 rings (SSSR count). The summed E-state index contributed by atoms with van der Waals surface area (Å²) in [7, 11) is 0. The number of hydrogen-bond acceptors (Lipinski definition) is 7. The second-order valence-electron chi connectivity index (χ2n) is 10.6. The van der Waals surface area contributed by atoms with E-state index in [0.29, 0.717) is 0 Å². The number of carboxylic acid groups (broad SMARTS) is 1. The van der Waals surface area contributed by atoms with Gasteiger partial charge in [0.25, 0.3) is 0 Å². The number of carbonyl (C=O) groups excluding carboxylic acids is 2. The Bertz CT molecular complexity index is 1280. The fourth-order valence-corrected chi connectivity index (χ4v) is 10.1. The van der Waals surface area contributed by atoms with Crippen LogP contribution in [0.4, 0.5) is 0 Å². The van der Waals surface area contributed by atoms with Gasteiger partial charge < -0.3 is 15.2 Å². The largest absolute Gasteiger partial charge is 0.508 e. The molecule has 2 aliphatic heterocycles. The van der Waals surface area contributed by atoms with Crippen LogP contribution in [-0.2, 0) is 14.4 Å². The number of nitrogens with one attached hydrogen (secondary N) is 1. The van der Waals surface area contributed by atoms with Crippen LogP contribution in [0.2, 0.25) is 0 Å². The van der Waals surface area contributed by atoms with Crippen molar-refractivity contribution in [2.45, 2.75) is 48.9 Å². The molecule has 35 heavy (non-hydrogen) atoms. The molecule has 1 aromatic heterocycles. The van der Waals surface area contributed by atoms with Crippen molar-refractivity contribution in [2.24, 2.45) is 35.5 Å². The van der Waals surface area contributed by atoms with E-state index in [0.717, 1.165) is 26.8 Å². The minimum Gasteiger partial charge on any atom is -0.508 e. The van der Waals surface area contributed by atoms with E-state index in [1.54, 1.807) is 23.9 Å². The first kappa shape index (κ1) is 22.8. The summed E-state index contributed by atoms with van der Waals surface area (Å²) >= 11 is 2.78. The van der Waals surface area contributed by atoms with Crippen LogP contribution in [0.3, 0.4) is 0 Å². The van der Waals surface area contributed by atoms with Gasteiger partial charge in [-0.2, -0.15) is 0 Å². The number of nitrogens with zero attached hydrogens (tertiary/aromatic N) is 1. The summed E-state index contributed by atoms with van der Waals surface area (Å²) in [4.78, 5) is 56.4. The van der Waals surface area contributed by atoms with Crippen molar-refractivity contribution >= 4 is 40.9 Å². The van der Waals surface area contributed by atoms with E-state index in [9.17, 15) is 29.4 Å². The Morgan fingerprint density at radius 3 is 2.40 bits per heavy atom. The van der Waals surface area contributed by atoms with E-state index < -0.39 is 23.8 Å². The van der Waals surface area contributed by atoms with Crippen LogP contribution in [0.1, 0.15) is 43.0 Å².